The normalized spacial score (nSPS) is 11.0. The van der Waals surface area contributed by atoms with Crippen LogP contribution in [0.25, 0.3) is 0 Å². The van der Waals surface area contributed by atoms with Crippen LogP contribution in [0.5, 0.6) is 5.75 Å². The lowest BCUT2D eigenvalue weighted by molar-refractivity contribution is -0.118. The van der Waals surface area contributed by atoms with Gasteiger partial charge in [0, 0.05) is 10.7 Å². The maximum atomic E-state index is 13.6. The lowest BCUT2D eigenvalue weighted by atomic mass is 10.2. The van der Waals surface area contributed by atoms with Crippen molar-refractivity contribution in [1.82, 2.24) is 0 Å². The molecule has 0 aromatic heterocycles. The van der Waals surface area contributed by atoms with Crippen molar-refractivity contribution in [3.8, 4) is 5.75 Å². The van der Waals surface area contributed by atoms with E-state index >= 15 is 0 Å². The van der Waals surface area contributed by atoms with E-state index in [1.54, 1.807) is 43.3 Å². The maximum absolute atomic E-state index is 13.6. The molecule has 3 aromatic carbocycles. The summed E-state index contributed by atoms with van der Waals surface area (Å²) in [6.07, 6.45) is 0. The zero-order valence-electron chi connectivity index (χ0n) is 15.9. The quantitative estimate of drug-likeness (QED) is 0.553. The Morgan fingerprint density at radius 3 is 2.53 bits per heavy atom. The summed E-state index contributed by atoms with van der Waals surface area (Å²) >= 11 is 5.90. The zero-order chi connectivity index (χ0) is 21.7. The van der Waals surface area contributed by atoms with Crippen LogP contribution in [0.1, 0.15) is 5.56 Å². The number of para-hydroxylation sites is 1. The smallest absolute Gasteiger partial charge is 0.262 e. The minimum Gasteiger partial charge on any atom is -0.481 e. The van der Waals surface area contributed by atoms with Gasteiger partial charge >= 0.3 is 0 Å². The number of rotatable bonds is 7. The van der Waals surface area contributed by atoms with Crippen LogP contribution < -0.4 is 14.8 Å². The predicted octanol–water partition coefficient (Wildman–Crippen LogP) is 4.61. The second-order valence-electron chi connectivity index (χ2n) is 6.36. The standard InChI is InChI=1S/C21H18ClFN2O4S/c1-14-9-10-16(24-21(26)13-29-19-8-3-2-7-18(19)23)12-20(14)30(27,28)25-17-6-4-5-15(22)11-17/h2-12,25H,13H2,1H3,(H,24,26). The summed E-state index contributed by atoms with van der Waals surface area (Å²) in [6.45, 7) is 1.21. The van der Waals surface area contributed by atoms with E-state index in [9.17, 15) is 17.6 Å². The molecule has 30 heavy (non-hydrogen) atoms. The van der Waals surface area contributed by atoms with Gasteiger partial charge in [0.1, 0.15) is 0 Å². The van der Waals surface area contributed by atoms with E-state index in [4.69, 9.17) is 16.3 Å². The molecule has 2 N–H and O–H groups in total. The highest BCUT2D eigenvalue weighted by molar-refractivity contribution is 7.92. The molecule has 0 fully saturated rings. The highest BCUT2D eigenvalue weighted by atomic mass is 35.5. The van der Waals surface area contributed by atoms with Gasteiger partial charge in [-0.05, 0) is 55.0 Å². The Hall–Kier alpha value is -3.10. The van der Waals surface area contributed by atoms with Crippen LogP contribution in [0.15, 0.2) is 71.6 Å². The Balaban J connectivity index is 1.72. The Bertz CT molecular complexity index is 1190. The zero-order valence-corrected chi connectivity index (χ0v) is 17.4. The van der Waals surface area contributed by atoms with E-state index < -0.39 is 28.4 Å². The molecule has 0 atom stereocenters. The van der Waals surface area contributed by atoms with Crippen molar-refractivity contribution >= 4 is 38.9 Å². The van der Waals surface area contributed by atoms with Crippen molar-refractivity contribution in [2.75, 3.05) is 16.6 Å². The van der Waals surface area contributed by atoms with Crippen LogP contribution in [0.4, 0.5) is 15.8 Å². The fourth-order valence-corrected chi connectivity index (χ4v) is 4.14. The van der Waals surface area contributed by atoms with Crippen molar-refractivity contribution in [3.63, 3.8) is 0 Å². The van der Waals surface area contributed by atoms with E-state index in [1.807, 2.05) is 0 Å². The van der Waals surface area contributed by atoms with Gasteiger partial charge in [0.2, 0.25) is 0 Å². The van der Waals surface area contributed by atoms with Crippen molar-refractivity contribution in [2.24, 2.45) is 0 Å². The van der Waals surface area contributed by atoms with Crippen LogP contribution in [0.2, 0.25) is 5.02 Å². The second kappa shape index (κ2) is 9.15. The molecule has 0 spiro atoms. The fraction of sp³-hybridized carbons (Fsp3) is 0.0952. The second-order valence-corrected chi connectivity index (χ2v) is 8.45. The van der Waals surface area contributed by atoms with Gasteiger partial charge in [-0.2, -0.15) is 0 Å². The van der Waals surface area contributed by atoms with Crippen molar-refractivity contribution in [2.45, 2.75) is 11.8 Å². The van der Waals surface area contributed by atoms with E-state index in [1.165, 1.54) is 30.3 Å². The number of sulfonamides is 1. The van der Waals surface area contributed by atoms with Crippen LogP contribution in [0, 0.1) is 12.7 Å². The van der Waals surface area contributed by atoms with Gasteiger partial charge in [0.25, 0.3) is 15.9 Å². The lowest BCUT2D eigenvalue weighted by Crippen LogP contribution is -2.21. The van der Waals surface area contributed by atoms with Gasteiger partial charge in [-0.3, -0.25) is 9.52 Å². The number of carbonyl (C=O) groups is 1. The molecule has 0 saturated carbocycles. The minimum absolute atomic E-state index is 0.00435. The van der Waals surface area contributed by atoms with E-state index in [0.717, 1.165) is 0 Å². The molecular formula is C21H18ClFN2O4S. The topological polar surface area (TPSA) is 84.5 Å². The summed E-state index contributed by atoms with van der Waals surface area (Å²) < 4.78 is 46.7. The van der Waals surface area contributed by atoms with E-state index in [2.05, 4.69) is 10.0 Å². The van der Waals surface area contributed by atoms with Crippen LogP contribution in [0.3, 0.4) is 0 Å². The molecule has 9 heteroatoms. The predicted molar refractivity (Wildman–Crippen MR) is 114 cm³/mol. The van der Waals surface area contributed by atoms with E-state index in [0.29, 0.717) is 16.3 Å². The first kappa shape index (κ1) is 21.6. The Morgan fingerprint density at radius 2 is 1.80 bits per heavy atom. The van der Waals surface area contributed by atoms with Crippen LogP contribution >= 0.6 is 11.6 Å². The van der Waals surface area contributed by atoms with Crippen LogP contribution in [-0.2, 0) is 14.8 Å². The molecule has 156 valence electrons. The average Bonchev–Trinajstić information content (AvgIpc) is 2.68. The van der Waals surface area contributed by atoms with Crippen molar-refractivity contribution < 1.29 is 22.3 Å². The molecule has 6 nitrogen and oxygen atoms in total. The summed E-state index contributed by atoms with van der Waals surface area (Å²) in [4.78, 5) is 12.1. The van der Waals surface area contributed by atoms with Crippen molar-refractivity contribution in [3.05, 3.63) is 83.1 Å². The first-order chi connectivity index (χ1) is 14.2. The Morgan fingerprint density at radius 1 is 1.03 bits per heavy atom. The number of anilines is 2. The number of amides is 1. The molecule has 0 aliphatic rings. The van der Waals surface area contributed by atoms with E-state index in [-0.39, 0.29) is 16.3 Å². The summed E-state index contributed by atoms with van der Waals surface area (Å²) in [6, 6.07) is 16.5. The third-order valence-electron chi connectivity index (χ3n) is 4.03. The summed E-state index contributed by atoms with van der Waals surface area (Å²) in [7, 11) is -3.92. The molecule has 0 radical (unpaired) electrons. The van der Waals surface area contributed by atoms with Crippen molar-refractivity contribution in [1.29, 1.82) is 0 Å². The summed E-state index contributed by atoms with van der Waals surface area (Å²) in [5, 5.41) is 2.94. The molecular weight excluding hydrogens is 431 g/mol. The number of hydrogen-bond acceptors (Lipinski definition) is 4. The molecule has 0 aliphatic heterocycles. The number of hydrogen-bond donors (Lipinski definition) is 2. The first-order valence-electron chi connectivity index (χ1n) is 8.81. The molecule has 3 rings (SSSR count). The molecule has 0 bridgehead atoms. The third kappa shape index (κ3) is 5.49. The van der Waals surface area contributed by atoms with Gasteiger partial charge in [0.15, 0.2) is 18.2 Å². The minimum atomic E-state index is -3.92. The molecule has 0 unspecified atom stereocenters. The van der Waals surface area contributed by atoms with Gasteiger partial charge < -0.3 is 10.1 Å². The molecule has 3 aromatic rings. The molecule has 0 saturated heterocycles. The van der Waals surface area contributed by atoms with Crippen LogP contribution in [-0.4, -0.2) is 20.9 Å². The number of aryl methyl sites for hydroxylation is 1. The number of benzene rings is 3. The monoisotopic (exact) mass is 448 g/mol. The summed E-state index contributed by atoms with van der Waals surface area (Å²) in [5.74, 6) is -1.19. The SMILES string of the molecule is Cc1ccc(NC(=O)COc2ccccc2F)cc1S(=O)(=O)Nc1cccc(Cl)c1. The maximum Gasteiger partial charge on any atom is 0.262 e. The molecule has 1 amide bonds. The summed E-state index contributed by atoms with van der Waals surface area (Å²) in [5.41, 5.74) is 1.06. The Labute approximate surface area is 178 Å². The molecule has 0 heterocycles. The number of carbonyl (C=O) groups excluding carboxylic acids is 1. The van der Waals surface area contributed by atoms with Gasteiger partial charge in [0.05, 0.1) is 10.6 Å². The largest absolute Gasteiger partial charge is 0.481 e. The number of halogens is 2. The number of ether oxygens (including phenoxy) is 1. The van der Waals surface area contributed by atoms with Gasteiger partial charge in [-0.25, -0.2) is 12.8 Å². The third-order valence-corrected chi connectivity index (χ3v) is 5.79. The number of nitrogens with one attached hydrogen (secondary N) is 2. The highest BCUT2D eigenvalue weighted by Gasteiger charge is 2.18. The highest BCUT2D eigenvalue weighted by Crippen LogP contribution is 2.24. The van der Waals surface area contributed by atoms with Gasteiger partial charge in [-0.1, -0.05) is 35.9 Å². The first-order valence-corrected chi connectivity index (χ1v) is 10.7. The molecule has 0 aliphatic carbocycles. The van der Waals surface area contributed by atoms with Gasteiger partial charge in [-0.15, -0.1) is 0 Å². The Kier molecular flexibility index (Phi) is 6.59. The lowest BCUT2D eigenvalue weighted by Gasteiger charge is -2.13. The average molecular weight is 449 g/mol. The fourth-order valence-electron chi connectivity index (χ4n) is 2.63.